The highest BCUT2D eigenvalue weighted by Gasteiger charge is 2.05. The van der Waals surface area contributed by atoms with Gasteiger partial charge in [-0.3, -0.25) is 4.68 Å². The zero-order valence-corrected chi connectivity index (χ0v) is 6.82. The van der Waals surface area contributed by atoms with Crippen molar-refractivity contribution in [2.24, 2.45) is 0 Å². The van der Waals surface area contributed by atoms with Crippen molar-refractivity contribution >= 4 is 11.5 Å². The van der Waals surface area contributed by atoms with E-state index in [9.17, 15) is 0 Å². The van der Waals surface area contributed by atoms with Crippen molar-refractivity contribution < 1.29 is 4.74 Å². The normalized spacial score (nSPS) is 9.67. The van der Waals surface area contributed by atoms with Crippen LogP contribution >= 0.6 is 0 Å². The van der Waals surface area contributed by atoms with Crippen molar-refractivity contribution in [1.82, 2.24) is 9.78 Å². The predicted octanol–water partition coefficient (Wildman–Crippen LogP) is 0.662. The van der Waals surface area contributed by atoms with Crippen LogP contribution < -0.4 is 5.73 Å². The van der Waals surface area contributed by atoms with E-state index in [0.29, 0.717) is 24.7 Å². The Morgan fingerprint density at radius 1 is 1.83 bits per heavy atom. The van der Waals surface area contributed by atoms with E-state index < -0.39 is 0 Å². The van der Waals surface area contributed by atoms with Crippen LogP contribution in [0.1, 0.15) is 0 Å². The molecule has 0 aliphatic rings. The lowest BCUT2D eigenvalue weighted by atomic mass is 10.5. The minimum atomic E-state index is 0.395. The van der Waals surface area contributed by atoms with Crippen LogP contribution in [0, 0.1) is 6.57 Å². The SMILES string of the molecule is [C-]#[N+]c1cnn(CCOC)c1N. The summed E-state index contributed by atoms with van der Waals surface area (Å²) in [6.45, 7) is 7.86. The zero-order chi connectivity index (χ0) is 8.97. The number of methoxy groups -OCH3 is 1. The Labute approximate surface area is 70.6 Å². The van der Waals surface area contributed by atoms with Gasteiger partial charge in [-0.05, 0) is 0 Å². The number of aromatic nitrogens is 2. The molecule has 0 aliphatic heterocycles. The number of nitrogens with two attached hydrogens (primary N) is 1. The molecule has 1 rings (SSSR count). The highest BCUT2D eigenvalue weighted by Crippen LogP contribution is 2.19. The van der Waals surface area contributed by atoms with Crippen LogP contribution in [0.15, 0.2) is 6.20 Å². The van der Waals surface area contributed by atoms with Crippen LogP contribution in [0.2, 0.25) is 0 Å². The summed E-state index contributed by atoms with van der Waals surface area (Å²) in [6, 6.07) is 0. The smallest absolute Gasteiger partial charge is 0.247 e. The fourth-order valence-electron chi connectivity index (χ4n) is 0.827. The van der Waals surface area contributed by atoms with Gasteiger partial charge in [0.05, 0.1) is 25.9 Å². The number of hydrogen-bond donors (Lipinski definition) is 1. The third-order valence-electron chi connectivity index (χ3n) is 1.49. The van der Waals surface area contributed by atoms with Crippen LogP contribution in [0.3, 0.4) is 0 Å². The van der Waals surface area contributed by atoms with E-state index in [1.165, 1.54) is 6.20 Å². The average Bonchev–Trinajstić information content (AvgIpc) is 2.43. The number of ether oxygens (including phenoxy) is 1. The monoisotopic (exact) mass is 166 g/mol. The van der Waals surface area contributed by atoms with Crippen LogP contribution in [0.4, 0.5) is 11.5 Å². The van der Waals surface area contributed by atoms with Crippen LogP contribution in [-0.4, -0.2) is 23.5 Å². The summed E-state index contributed by atoms with van der Waals surface area (Å²) in [5.41, 5.74) is 5.98. The van der Waals surface area contributed by atoms with Crippen LogP contribution in [0.25, 0.3) is 4.85 Å². The van der Waals surface area contributed by atoms with Gasteiger partial charge in [0.25, 0.3) is 0 Å². The van der Waals surface area contributed by atoms with E-state index in [1.807, 2.05) is 0 Å². The lowest BCUT2D eigenvalue weighted by molar-refractivity contribution is 0.184. The minimum Gasteiger partial charge on any atom is -0.393 e. The minimum absolute atomic E-state index is 0.395. The molecule has 12 heavy (non-hydrogen) atoms. The van der Waals surface area contributed by atoms with Gasteiger partial charge in [-0.25, -0.2) is 4.85 Å². The van der Waals surface area contributed by atoms with E-state index in [0.717, 1.165) is 0 Å². The Kier molecular flexibility index (Phi) is 2.66. The third kappa shape index (κ3) is 1.54. The molecule has 0 amide bonds. The van der Waals surface area contributed by atoms with Gasteiger partial charge in [-0.1, -0.05) is 0 Å². The van der Waals surface area contributed by atoms with Crippen molar-refractivity contribution in [1.29, 1.82) is 0 Å². The molecule has 0 bridgehead atoms. The second kappa shape index (κ2) is 3.74. The highest BCUT2D eigenvalue weighted by atomic mass is 16.5. The number of anilines is 1. The Morgan fingerprint density at radius 2 is 2.58 bits per heavy atom. The lowest BCUT2D eigenvalue weighted by Crippen LogP contribution is -2.08. The van der Waals surface area contributed by atoms with E-state index in [1.54, 1.807) is 11.8 Å². The average molecular weight is 166 g/mol. The number of nitrogen functional groups attached to an aromatic ring is 1. The first-order valence-electron chi connectivity index (χ1n) is 3.47. The van der Waals surface area contributed by atoms with Crippen molar-refractivity contribution in [3.05, 3.63) is 17.6 Å². The quantitative estimate of drug-likeness (QED) is 0.671. The van der Waals surface area contributed by atoms with Gasteiger partial charge < -0.3 is 10.5 Å². The van der Waals surface area contributed by atoms with Crippen LogP contribution in [-0.2, 0) is 11.3 Å². The van der Waals surface area contributed by atoms with Gasteiger partial charge in [0.15, 0.2) is 0 Å². The van der Waals surface area contributed by atoms with Gasteiger partial charge >= 0.3 is 0 Å². The van der Waals surface area contributed by atoms with E-state index in [2.05, 4.69) is 9.94 Å². The molecule has 64 valence electrons. The van der Waals surface area contributed by atoms with E-state index >= 15 is 0 Å². The van der Waals surface area contributed by atoms with Gasteiger partial charge in [0, 0.05) is 7.11 Å². The second-order valence-corrected chi connectivity index (χ2v) is 2.24. The topological polar surface area (TPSA) is 57.4 Å². The van der Waals surface area contributed by atoms with Crippen LogP contribution in [0.5, 0.6) is 0 Å². The maximum Gasteiger partial charge on any atom is 0.247 e. The Balaban J connectivity index is 2.75. The third-order valence-corrected chi connectivity index (χ3v) is 1.49. The second-order valence-electron chi connectivity index (χ2n) is 2.24. The standard InChI is InChI=1S/C7H10N4O/c1-9-6-5-10-11(7(6)8)3-4-12-2/h5H,3-4,8H2,2H3. The van der Waals surface area contributed by atoms with E-state index in [4.69, 9.17) is 17.0 Å². The summed E-state index contributed by atoms with van der Waals surface area (Å²) in [5.74, 6) is 0.405. The fraction of sp³-hybridized carbons (Fsp3) is 0.429. The number of nitrogens with zero attached hydrogens (tertiary/aromatic N) is 3. The first kappa shape index (κ1) is 8.56. The number of rotatable bonds is 3. The zero-order valence-electron chi connectivity index (χ0n) is 6.82. The van der Waals surface area contributed by atoms with Gasteiger partial charge in [0.1, 0.15) is 5.82 Å². The molecule has 0 atom stereocenters. The molecule has 5 heteroatoms. The maximum atomic E-state index is 6.74. The maximum absolute atomic E-state index is 6.74. The van der Waals surface area contributed by atoms with E-state index in [-0.39, 0.29) is 0 Å². The fourth-order valence-corrected chi connectivity index (χ4v) is 0.827. The molecule has 0 saturated carbocycles. The number of hydrogen-bond acceptors (Lipinski definition) is 3. The van der Waals surface area contributed by atoms with Crippen molar-refractivity contribution in [3.63, 3.8) is 0 Å². The molecule has 0 aliphatic carbocycles. The molecule has 0 aromatic carbocycles. The van der Waals surface area contributed by atoms with Crippen molar-refractivity contribution in [2.75, 3.05) is 19.5 Å². The lowest BCUT2D eigenvalue weighted by Gasteiger charge is -2.02. The molecule has 0 fully saturated rings. The molecule has 2 N–H and O–H groups in total. The molecular formula is C7H10N4O. The highest BCUT2D eigenvalue weighted by molar-refractivity contribution is 5.61. The molecule has 5 nitrogen and oxygen atoms in total. The molecule has 0 unspecified atom stereocenters. The summed E-state index contributed by atoms with van der Waals surface area (Å²) >= 11 is 0. The summed E-state index contributed by atoms with van der Waals surface area (Å²) in [5, 5.41) is 3.92. The Morgan fingerprint density at radius 3 is 3.08 bits per heavy atom. The molecule has 0 spiro atoms. The Bertz CT molecular complexity index is 299. The molecule has 0 radical (unpaired) electrons. The summed E-state index contributed by atoms with van der Waals surface area (Å²) in [4.78, 5) is 3.20. The van der Waals surface area contributed by atoms with Crippen molar-refractivity contribution in [2.45, 2.75) is 6.54 Å². The summed E-state index contributed by atoms with van der Waals surface area (Å²) in [7, 11) is 1.61. The van der Waals surface area contributed by atoms with Gasteiger partial charge in [-0.2, -0.15) is 5.10 Å². The predicted molar refractivity (Wildman–Crippen MR) is 44.8 cm³/mol. The van der Waals surface area contributed by atoms with Gasteiger partial charge in [-0.15, -0.1) is 0 Å². The first-order chi connectivity index (χ1) is 5.79. The summed E-state index contributed by atoms with van der Waals surface area (Å²) < 4.78 is 6.40. The van der Waals surface area contributed by atoms with Gasteiger partial charge in [0.2, 0.25) is 5.69 Å². The molecule has 1 heterocycles. The molecular weight excluding hydrogens is 156 g/mol. The summed E-state index contributed by atoms with van der Waals surface area (Å²) in [6.07, 6.45) is 1.46. The molecule has 1 aromatic rings. The van der Waals surface area contributed by atoms with Crippen molar-refractivity contribution in [3.8, 4) is 0 Å². The molecule has 1 aromatic heterocycles. The molecule has 0 saturated heterocycles. The largest absolute Gasteiger partial charge is 0.393 e. The first-order valence-corrected chi connectivity index (χ1v) is 3.47. The Hall–Kier alpha value is -1.54.